The number of aromatic nitrogens is 5. The monoisotopic (exact) mass is 995 g/mol. The summed E-state index contributed by atoms with van der Waals surface area (Å²) in [5, 5.41) is 39.6. The summed E-state index contributed by atoms with van der Waals surface area (Å²) >= 11 is 1.59. The molecule has 2 aromatic carbocycles. The van der Waals surface area contributed by atoms with Crippen LogP contribution in [0.5, 0.6) is 5.75 Å². The van der Waals surface area contributed by atoms with Crippen LogP contribution in [-0.4, -0.2) is 152 Å². The largest absolute Gasteiger partial charge is 0.507 e. The second kappa shape index (κ2) is 19.2. The highest BCUT2D eigenvalue weighted by Crippen LogP contribution is 2.60. The fourth-order valence-corrected chi connectivity index (χ4v) is 12.8. The van der Waals surface area contributed by atoms with E-state index in [1.807, 2.05) is 88.1 Å². The van der Waals surface area contributed by atoms with Gasteiger partial charge in [-0.05, 0) is 72.8 Å². The molecule has 3 saturated heterocycles. The second-order valence-corrected chi connectivity index (χ2v) is 22.8. The summed E-state index contributed by atoms with van der Waals surface area (Å²) in [6, 6.07) is 16.2. The predicted molar refractivity (Wildman–Crippen MR) is 277 cm³/mol. The van der Waals surface area contributed by atoms with Crippen molar-refractivity contribution in [2.75, 3.05) is 78.9 Å². The van der Waals surface area contributed by atoms with E-state index in [1.54, 1.807) is 23.5 Å². The Balaban J connectivity index is 0.625. The molecule has 3 aromatic heterocycles. The first-order valence-electron chi connectivity index (χ1n) is 25.5. The quantitative estimate of drug-likeness (QED) is 0.122. The molecule has 11 rings (SSSR count). The molecule has 0 unspecified atom stereocenters. The molecule has 5 N–H and O–H groups in total. The van der Waals surface area contributed by atoms with Gasteiger partial charge in [-0.25, -0.2) is 15.0 Å². The summed E-state index contributed by atoms with van der Waals surface area (Å²) in [5.74, 6) is 0.754. The van der Waals surface area contributed by atoms with Gasteiger partial charge >= 0.3 is 0 Å². The highest BCUT2D eigenvalue weighted by molar-refractivity contribution is 7.13. The summed E-state index contributed by atoms with van der Waals surface area (Å²) in [6.07, 6.45) is 7.02. The smallest absolute Gasteiger partial charge is 0.246 e. The molecule has 4 atom stereocenters. The Kier molecular flexibility index (Phi) is 12.8. The van der Waals surface area contributed by atoms with Crippen molar-refractivity contribution in [3.63, 3.8) is 0 Å². The number of likely N-dealkylation sites (tertiary alicyclic amines) is 1. The first-order chi connectivity index (χ1) is 34.7. The zero-order valence-electron chi connectivity index (χ0n) is 41.5. The van der Waals surface area contributed by atoms with E-state index < -0.39 is 23.6 Å². The predicted octanol–water partition coefficient (Wildman–Crippen LogP) is 4.68. The first kappa shape index (κ1) is 47.9. The van der Waals surface area contributed by atoms with Crippen LogP contribution in [0.15, 0.2) is 72.5 Å². The molecule has 0 bridgehead atoms. The van der Waals surface area contributed by atoms with E-state index in [0.717, 1.165) is 123 Å². The number of phenolic OH excluding ortho intramolecular Hbond substituents is 1. The second-order valence-electron chi connectivity index (χ2n) is 22.0. The number of benzene rings is 2. The van der Waals surface area contributed by atoms with Crippen molar-refractivity contribution in [1.82, 2.24) is 45.6 Å². The third-order valence-corrected chi connectivity index (χ3v) is 17.1. The normalized spacial score (nSPS) is 25.4. The lowest BCUT2D eigenvalue weighted by Gasteiger charge is -2.60. The Morgan fingerprint density at radius 2 is 1.61 bits per heavy atom. The van der Waals surface area contributed by atoms with Crippen molar-refractivity contribution >= 4 is 52.2 Å². The number of nitrogens with zero attached hydrogens (tertiary/aromatic N) is 10. The Hall–Kier alpha value is -6.44. The summed E-state index contributed by atoms with van der Waals surface area (Å²) in [7, 11) is 0. The van der Waals surface area contributed by atoms with Gasteiger partial charge in [0.1, 0.15) is 17.8 Å². The fraction of sp³-hybridized carbons (Fsp3) is 0.509. The number of anilines is 4. The molecular formula is C53H65N13O5S. The molecule has 0 radical (unpaired) electrons. The van der Waals surface area contributed by atoms with Crippen molar-refractivity contribution in [2.24, 2.45) is 16.7 Å². The molecule has 4 aliphatic heterocycles. The van der Waals surface area contributed by atoms with Crippen LogP contribution >= 0.6 is 11.3 Å². The summed E-state index contributed by atoms with van der Waals surface area (Å²) < 4.78 is 0. The third kappa shape index (κ3) is 9.41. The van der Waals surface area contributed by atoms with Gasteiger partial charge < -0.3 is 45.8 Å². The molecule has 2 saturated carbocycles. The van der Waals surface area contributed by atoms with Crippen LogP contribution < -0.4 is 30.7 Å². The molecular weight excluding hydrogens is 931 g/mol. The lowest BCUT2D eigenvalue weighted by Crippen LogP contribution is -2.63. The van der Waals surface area contributed by atoms with Gasteiger partial charge in [-0.15, -0.1) is 21.5 Å². The third-order valence-electron chi connectivity index (χ3n) is 16.1. The van der Waals surface area contributed by atoms with E-state index >= 15 is 0 Å². The maximum Gasteiger partial charge on any atom is 0.246 e. The number of aryl methyl sites for hydroxylation is 1. The number of thiazole rings is 1. The van der Waals surface area contributed by atoms with Gasteiger partial charge in [0.25, 0.3) is 0 Å². The number of carbonyl (C=O) groups is 3. The maximum absolute atomic E-state index is 14.3. The van der Waals surface area contributed by atoms with Gasteiger partial charge in [0.05, 0.1) is 57.7 Å². The molecule has 7 heterocycles. The van der Waals surface area contributed by atoms with Gasteiger partial charge in [-0.2, -0.15) is 0 Å². The van der Waals surface area contributed by atoms with Crippen LogP contribution in [0.4, 0.5) is 23.1 Å². The van der Waals surface area contributed by atoms with Crippen LogP contribution in [0.3, 0.4) is 0 Å². The molecule has 1 spiro atoms. The fourth-order valence-electron chi connectivity index (χ4n) is 12.0. The number of hydrogen-bond donors (Lipinski definition) is 5. The number of hydrogen-bond acceptors (Lipinski definition) is 16. The van der Waals surface area contributed by atoms with Gasteiger partial charge in [-0.1, -0.05) is 57.2 Å². The molecule has 72 heavy (non-hydrogen) atoms. The number of phenols is 1. The number of β-amino-alcohol motifs (C(OH)–C–C–N with tert-alkyl or cyclic N) is 1. The van der Waals surface area contributed by atoms with Gasteiger partial charge in [-0.3, -0.25) is 19.3 Å². The number of aliphatic hydroxyl groups excluding tert-OH is 1. The van der Waals surface area contributed by atoms with Crippen molar-refractivity contribution in [2.45, 2.75) is 96.6 Å². The molecule has 5 fully saturated rings. The number of aliphatic hydroxyl groups is 1. The van der Waals surface area contributed by atoms with Crippen LogP contribution in [0.2, 0.25) is 0 Å². The topological polar surface area (TPSA) is 208 Å². The number of amides is 3. The SMILES string of the molecule is Cc1ncsc1-c1ccc(CNC(=O)[C@@H]2C[C@@H](O)CN2C(=O)[C@@H](NC(=O)C2CC3(C2)CC(N2CCN(c4cnc(N5CCN6c7cc(-c8ccccc8O)nnc7NC[C@H]6C5)nc4)CC2)C3)C(C)(C)C)cc1. The minimum Gasteiger partial charge on any atom is -0.507 e. The minimum absolute atomic E-state index is 0.0424. The Labute approximate surface area is 424 Å². The number of para-hydroxylation sites is 1. The van der Waals surface area contributed by atoms with Crippen molar-refractivity contribution in [3.05, 3.63) is 83.8 Å². The van der Waals surface area contributed by atoms with Gasteiger partial charge in [0.2, 0.25) is 23.7 Å². The zero-order chi connectivity index (χ0) is 49.9. The van der Waals surface area contributed by atoms with Gasteiger partial charge in [0.15, 0.2) is 5.82 Å². The van der Waals surface area contributed by atoms with E-state index in [-0.39, 0.29) is 53.8 Å². The number of aromatic hydroxyl groups is 1. The lowest BCUT2D eigenvalue weighted by atomic mass is 9.49. The molecule has 2 aliphatic carbocycles. The van der Waals surface area contributed by atoms with Crippen LogP contribution in [0.1, 0.15) is 64.1 Å². The van der Waals surface area contributed by atoms with E-state index in [0.29, 0.717) is 23.8 Å². The van der Waals surface area contributed by atoms with Crippen LogP contribution in [0, 0.1) is 23.7 Å². The van der Waals surface area contributed by atoms with Crippen molar-refractivity contribution < 1.29 is 24.6 Å². The number of carbonyl (C=O) groups excluding carboxylic acids is 3. The number of fused-ring (bicyclic) bond motifs is 3. The molecule has 3 amide bonds. The standard InChI is InChI=1S/C53H65N13O5S/c1-32-45(72-31-58-32)34-11-9-33(10-12-34)25-55-49(70)43-19-39(67)30-66(43)50(71)46(52(2,3)4)59-48(69)35-21-53(22-35)23-36(24-53)62-13-15-63(16-14-62)37-26-56-51(57-27-37)64-17-18-65-38(29-64)28-54-47-42(65)20-41(60-61-47)40-7-5-6-8-44(40)68/h5-12,20,26-27,31,35-36,38-39,43,46,67-68H,13-19,21-25,28-30H2,1-4H3,(H,54,61)(H,55,70)(H,59,69)/t35?,36?,38-,39+,43-,46+,53?/m0/s1. The zero-order valence-corrected chi connectivity index (χ0v) is 42.3. The van der Waals surface area contributed by atoms with E-state index in [1.165, 1.54) is 4.90 Å². The average molecular weight is 996 g/mol. The summed E-state index contributed by atoms with van der Waals surface area (Å²) in [6.45, 7) is 14.9. The maximum atomic E-state index is 14.3. The molecule has 18 nitrogen and oxygen atoms in total. The average Bonchev–Trinajstić information content (AvgIpc) is 3.98. The van der Waals surface area contributed by atoms with Gasteiger partial charge in [0, 0.05) is 89.4 Å². The van der Waals surface area contributed by atoms with Crippen LogP contribution in [-0.2, 0) is 20.9 Å². The van der Waals surface area contributed by atoms with Crippen molar-refractivity contribution in [3.8, 4) is 27.4 Å². The Morgan fingerprint density at radius 3 is 2.32 bits per heavy atom. The molecule has 378 valence electrons. The van der Waals surface area contributed by atoms with Crippen molar-refractivity contribution in [1.29, 1.82) is 0 Å². The summed E-state index contributed by atoms with van der Waals surface area (Å²) in [4.78, 5) is 68.0. The Bertz CT molecular complexity index is 2800. The highest BCUT2D eigenvalue weighted by atomic mass is 32.1. The first-order valence-corrected chi connectivity index (χ1v) is 26.4. The highest BCUT2D eigenvalue weighted by Gasteiger charge is 2.57. The number of nitrogens with one attached hydrogen (secondary N) is 3. The summed E-state index contributed by atoms with van der Waals surface area (Å²) in [5.41, 5.74) is 7.68. The minimum atomic E-state index is -0.843. The number of piperazine rings is 2. The molecule has 19 heteroatoms. The Morgan fingerprint density at radius 1 is 0.875 bits per heavy atom. The van der Waals surface area contributed by atoms with Crippen LogP contribution in [0.25, 0.3) is 21.7 Å². The lowest BCUT2D eigenvalue weighted by molar-refractivity contribution is -0.150. The number of rotatable bonds is 11. The van der Waals surface area contributed by atoms with E-state index in [2.05, 4.69) is 50.7 Å². The molecule has 6 aliphatic rings. The van der Waals surface area contributed by atoms with E-state index in [9.17, 15) is 24.6 Å². The van der Waals surface area contributed by atoms with E-state index in [4.69, 9.17) is 9.97 Å². The molecule has 5 aromatic rings.